The second-order valence-corrected chi connectivity index (χ2v) is 5.34. The molecule has 0 fully saturated rings. The number of benzene rings is 1. The van der Waals surface area contributed by atoms with Crippen LogP contribution in [0.15, 0.2) is 48.7 Å². The van der Waals surface area contributed by atoms with Crippen LogP contribution in [0.25, 0.3) is 0 Å². The van der Waals surface area contributed by atoms with E-state index in [1.807, 2.05) is 25.2 Å². The van der Waals surface area contributed by atoms with Gasteiger partial charge in [0.15, 0.2) is 0 Å². The van der Waals surface area contributed by atoms with Crippen LogP contribution >= 0.6 is 0 Å². The zero-order valence-corrected chi connectivity index (χ0v) is 14.1. The van der Waals surface area contributed by atoms with E-state index in [1.54, 1.807) is 30.5 Å². The zero-order chi connectivity index (χ0) is 19.5. The highest BCUT2D eigenvalue weighted by atomic mass is 16.6. The summed E-state index contributed by atoms with van der Waals surface area (Å²) in [5.41, 5.74) is 2.27. The van der Waals surface area contributed by atoms with Crippen LogP contribution in [0.4, 0.5) is 5.69 Å². The molecule has 26 heavy (non-hydrogen) atoms. The summed E-state index contributed by atoms with van der Waals surface area (Å²) in [4.78, 5) is 34.9. The van der Waals surface area contributed by atoms with Gasteiger partial charge in [0.25, 0.3) is 5.69 Å². The first-order valence-corrected chi connectivity index (χ1v) is 7.57. The van der Waals surface area contributed by atoms with Gasteiger partial charge in [-0.3, -0.25) is 15.1 Å². The first kappa shape index (κ1) is 20.7. The Morgan fingerprint density at radius 2 is 1.73 bits per heavy atom. The third kappa shape index (κ3) is 7.97. The summed E-state index contributed by atoms with van der Waals surface area (Å²) in [5.74, 6) is -3.65. The maximum Gasteiger partial charge on any atom is 0.414 e. The lowest BCUT2D eigenvalue weighted by atomic mass is 10.2. The fourth-order valence-electron chi connectivity index (χ4n) is 1.97. The molecule has 1 heterocycles. The third-order valence-electron chi connectivity index (χ3n) is 3.26. The van der Waals surface area contributed by atoms with Gasteiger partial charge in [-0.1, -0.05) is 18.2 Å². The smallest absolute Gasteiger partial charge is 0.414 e. The minimum absolute atomic E-state index is 0.130. The SMILES string of the molecule is CN(CCc1ccccn1)Cc1ccc([N+](=O)[O-])cc1.O=C(O)C(=O)O. The van der Waals surface area contributed by atoms with Crippen LogP contribution in [-0.4, -0.2) is 50.6 Å². The number of aliphatic carboxylic acids is 2. The molecule has 0 bridgehead atoms. The van der Waals surface area contributed by atoms with Gasteiger partial charge in [0.05, 0.1) is 4.92 Å². The molecule has 0 aliphatic heterocycles. The van der Waals surface area contributed by atoms with E-state index in [-0.39, 0.29) is 10.6 Å². The molecule has 0 unspecified atom stereocenters. The van der Waals surface area contributed by atoms with Crippen molar-refractivity contribution in [1.29, 1.82) is 0 Å². The molecule has 0 amide bonds. The average molecular weight is 361 g/mol. The summed E-state index contributed by atoms with van der Waals surface area (Å²) in [7, 11) is 2.03. The number of hydrogen-bond donors (Lipinski definition) is 2. The monoisotopic (exact) mass is 361 g/mol. The summed E-state index contributed by atoms with van der Waals surface area (Å²) in [6.45, 7) is 1.67. The predicted octanol–water partition coefficient (Wildman–Crippen LogP) is 1.82. The van der Waals surface area contributed by atoms with Crippen molar-refractivity contribution < 1.29 is 24.7 Å². The van der Waals surface area contributed by atoms with Crippen LogP contribution in [0.5, 0.6) is 0 Å². The molecule has 2 rings (SSSR count). The molecule has 0 saturated heterocycles. The lowest BCUT2D eigenvalue weighted by molar-refractivity contribution is -0.384. The topological polar surface area (TPSA) is 134 Å². The molecule has 1 aromatic carbocycles. The number of hydrogen-bond acceptors (Lipinski definition) is 6. The van der Waals surface area contributed by atoms with Crippen LogP contribution in [-0.2, 0) is 22.6 Å². The molecule has 2 aromatic rings. The fraction of sp³-hybridized carbons (Fsp3) is 0.235. The molecule has 0 spiro atoms. The van der Waals surface area contributed by atoms with Crippen molar-refractivity contribution >= 4 is 17.6 Å². The van der Waals surface area contributed by atoms with E-state index >= 15 is 0 Å². The molecule has 9 nitrogen and oxygen atoms in total. The summed E-state index contributed by atoms with van der Waals surface area (Å²) in [6.07, 6.45) is 2.69. The lowest BCUT2D eigenvalue weighted by Crippen LogP contribution is -2.21. The molecule has 0 aliphatic rings. The second-order valence-electron chi connectivity index (χ2n) is 5.34. The lowest BCUT2D eigenvalue weighted by Gasteiger charge is -2.16. The van der Waals surface area contributed by atoms with Gasteiger partial charge in [-0.2, -0.15) is 0 Å². The van der Waals surface area contributed by atoms with Crippen molar-refractivity contribution in [2.45, 2.75) is 13.0 Å². The molecule has 0 radical (unpaired) electrons. The maximum absolute atomic E-state index is 10.6. The molecule has 0 atom stereocenters. The van der Waals surface area contributed by atoms with E-state index in [9.17, 15) is 10.1 Å². The van der Waals surface area contributed by atoms with Crippen LogP contribution in [0.2, 0.25) is 0 Å². The third-order valence-corrected chi connectivity index (χ3v) is 3.26. The Morgan fingerprint density at radius 1 is 1.12 bits per heavy atom. The van der Waals surface area contributed by atoms with E-state index in [2.05, 4.69) is 9.88 Å². The van der Waals surface area contributed by atoms with E-state index in [4.69, 9.17) is 19.8 Å². The highest BCUT2D eigenvalue weighted by molar-refractivity contribution is 6.27. The summed E-state index contributed by atoms with van der Waals surface area (Å²) < 4.78 is 0. The Balaban J connectivity index is 0.000000487. The van der Waals surface area contributed by atoms with Gasteiger partial charge < -0.3 is 15.1 Å². The fourth-order valence-corrected chi connectivity index (χ4v) is 1.97. The molecule has 0 aliphatic carbocycles. The van der Waals surface area contributed by atoms with Crippen molar-refractivity contribution in [3.63, 3.8) is 0 Å². The average Bonchev–Trinajstić information content (AvgIpc) is 2.62. The maximum atomic E-state index is 10.6. The van der Waals surface area contributed by atoms with Gasteiger partial charge in [0.2, 0.25) is 0 Å². The second kappa shape index (κ2) is 10.5. The first-order valence-electron chi connectivity index (χ1n) is 7.57. The number of aromatic nitrogens is 1. The largest absolute Gasteiger partial charge is 0.473 e. The highest BCUT2D eigenvalue weighted by Gasteiger charge is 2.06. The highest BCUT2D eigenvalue weighted by Crippen LogP contribution is 2.13. The first-order chi connectivity index (χ1) is 12.3. The Labute approximate surface area is 149 Å². The number of nitro groups is 1. The van der Waals surface area contributed by atoms with Gasteiger partial charge in [0, 0.05) is 43.5 Å². The van der Waals surface area contributed by atoms with Crippen molar-refractivity contribution in [2.75, 3.05) is 13.6 Å². The molecule has 0 saturated carbocycles. The van der Waals surface area contributed by atoms with E-state index in [1.165, 1.54) is 0 Å². The van der Waals surface area contributed by atoms with Crippen LogP contribution < -0.4 is 0 Å². The van der Waals surface area contributed by atoms with Crippen molar-refractivity contribution in [1.82, 2.24) is 9.88 Å². The Bertz CT molecular complexity index is 722. The Hall–Kier alpha value is -3.33. The Kier molecular flexibility index (Phi) is 8.38. The standard InChI is InChI=1S/C15H17N3O2.C2H2O4/c1-17(11-9-14-4-2-3-10-16-14)12-13-5-7-15(8-6-13)18(19)20;3-1(4)2(5)6/h2-8,10H,9,11-12H2,1H3;(H,3,4)(H,5,6). The van der Waals surface area contributed by atoms with Gasteiger partial charge >= 0.3 is 11.9 Å². The molecular formula is C17H19N3O6. The van der Waals surface area contributed by atoms with Crippen molar-refractivity contribution in [3.8, 4) is 0 Å². The summed E-state index contributed by atoms with van der Waals surface area (Å²) in [6, 6.07) is 12.6. The minimum Gasteiger partial charge on any atom is -0.473 e. The molecule has 9 heteroatoms. The number of carboxylic acids is 2. The molecule has 138 valence electrons. The van der Waals surface area contributed by atoms with Crippen molar-refractivity contribution in [2.24, 2.45) is 0 Å². The van der Waals surface area contributed by atoms with Crippen LogP contribution in [0.3, 0.4) is 0 Å². The summed E-state index contributed by atoms with van der Waals surface area (Å²) >= 11 is 0. The quantitative estimate of drug-likeness (QED) is 0.452. The molecular weight excluding hydrogens is 342 g/mol. The van der Waals surface area contributed by atoms with Gasteiger partial charge in [-0.05, 0) is 24.7 Å². The van der Waals surface area contributed by atoms with E-state index in [0.717, 1.165) is 30.8 Å². The van der Waals surface area contributed by atoms with Gasteiger partial charge in [-0.25, -0.2) is 9.59 Å². The number of rotatable bonds is 6. The van der Waals surface area contributed by atoms with Gasteiger partial charge in [-0.15, -0.1) is 0 Å². The summed E-state index contributed by atoms with van der Waals surface area (Å²) in [5, 5.41) is 25.4. The van der Waals surface area contributed by atoms with Crippen LogP contribution in [0.1, 0.15) is 11.3 Å². The number of likely N-dealkylation sites (N-methyl/N-ethyl adjacent to an activating group) is 1. The number of carbonyl (C=O) groups is 2. The molecule has 1 aromatic heterocycles. The van der Waals surface area contributed by atoms with Crippen molar-refractivity contribution in [3.05, 3.63) is 70.0 Å². The Morgan fingerprint density at radius 3 is 2.19 bits per heavy atom. The predicted molar refractivity (Wildman–Crippen MR) is 92.6 cm³/mol. The number of nitrogens with zero attached hydrogens (tertiary/aromatic N) is 3. The van der Waals surface area contributed by atoms with E-state index < -0.39 is 11.9 Å². The number of nitro benzene ring substituents is 1. The van der Waals surface area contributed by atoms with Gasteiger partial charge in [0.1, 0.15) is 0 Å². The zero-order valence-electron chi connectivity index (χ0n) is 14.1. The number of non-ortho nitro benzene ring substituents is 1. The number of carboxylic acid groups (broad SMARTS) is 2. The minimum atomic E-state index is -1.82. The van der Waals surface area contributed by atoms with Crippen LogP contribution in [0, 0.1) is 10.1 Å². The molecule has 2 N–H and O–H groups in total. The van der Waals surface area contributed by atoms with E-state index in [0.29, 0.717) is 0 Å². The number of pyridine rings is 1. The normalized spacial score (nSPS) is 9.92.